The summed E-state index contributed by atoms with van der Waals surface area (Å²) in [5.41, 5.74) is 1.37. The summed E-state index contributed by atoms with van der Waals surface area (Å²) in [5.74, 6) is 3.42. The number of ether oxygens (including phenoxy) is 2. The number of carbonyl (C=O) groups excluding carboxylic acids is 1. The Labute approximate surface area is 240 Å². The van der Waals surface area contributed by atoms with Gasteiger partial charge >= 0.3 is 0 Å². The van der Waals surface area contributed by atoms with Crippen LogP contribution in [0, 0.1) is 46.3 Å². The van der Waals surface area contributed by atoms with E-state index in [9.17, 15) is 25.2 Å². The van der Waals surface area contributed by atoms with Gasteiger partial charge in [0.25, 0.3) is 0 Å². The number of rotatable bonds is 8. The van der Waals surface area contributed by atoms with E-state index in [1.54, 1.807) is 0 Å². The van der Waals surface area contributed by atoms with Crippen molar-refractivity contribution in [2.45, 2.75) is 136 Å². The van der Waals surface area contributed by atoms with Gasteiger partial charge in [-0.15, -0.1) is 0 Å². The highest BCUT2D eigenvalue weighted by Crippen LogP contribution is 2.66. The molecule has 1 aliphatic heterocycles. The van der Waals surface area contributed by atoms with Gasteiger partial charge in [-0.05, 0) is 91.4 Å². The third kappa shape index (κ3) is 5.26. The van der Waals surface area contributed by atoms with Gasteiger partial charge in [-0.3, -0.25) is 4.79 Å². The van der Waals surface area contributed by atoms with Crippen LogP contribution in [-0.2, 0) is 14.3 Å². The lowest BCUT2D eigenvalue weighted by molar-refractivity contribution is -0.313. The van der Waals surface area contributed by atoms with Gasteiger partial charge in [-0.25, -0.2) is 0 Å². The van der Waals surface area contributed by atoms with Crippen molar-refractivity contribution in [1.82, 2.24) is 0 Å². The second kappa shape index (κ2) is 11.7. The molecule has 4 fully saturated rings. The Morgan fingerprint density at radius 1 is 0.975 bits per heavy atom. The monoisotopic (exact) mass is 562 g/mol. The van der Waals surface area contributed by atoms with Crippen molar-refractivity contribution >= 4 is 5.78 Å². The number of allylic oxidation sites excluding steroid dienone is 1. The molecule has 228 valence electrons. The maximum Gasteiger partial charge on any atom is 0.186 e. The van der Waals surface area contributed by atoms with Crippen LogP contribution < -0.4 is 0 Å². The summed E-state index contributed by atoms with van der Waals surface area (Å²) in [6.45, 7) is 11.5. The van der Waals surface area contributed by atoms with E-state index in [4.69, 9.17) is 9.47 Å². The largest absolute Gasteiger partial charge is 0.394 e. The third-order valence-electron chi connectivity index (χ3n) is 12.3. The van der Waals surface area contributed by atoms with E-state index in [-0.39, 0.29) is 22.9 Å². The predicted octanol–water partition coefficient (Wildman–Crippen LogP) is 4.39. The molecule has 0 spiro atoms. The highest BCUT2D eigenvalue weighted by Gasteiger charge is 2.61. The molecule has 4 unspecified atom stereocenters. The fourth-order valence-corrected chi connectivity index (χ4v) is 9.88. The summed E-state index contributed by atoms with van der Waals surface area (Å²) in [5, 5.41) is 40.3. The lowest BCUT2D eigenvalue weighted by atomic mass is 9.46. The summed E-state index contributed by atoms with van der Waals surface area (Å²) in [6, 6.07) is 0. The zero-order valence-electron chi connectivity index (χ0n) is 25.3. The Balaban J connectivity index is 1.28. The number of hydrogen-bond acceptors (Lipinski definition) is 7. The lowest BCUT2D eigenvalue weighted by Crippen LogP contribution is -2.60. The average Bonchev–Trinajstić information content (AvgIpc) is 3.26. The molecular weight excluding hydrogens is 508 g/mol. The van der Waals surface area contributed by atoms with E-state index in [1.807, 2.05) is 6.08 Å². The van der Waals surface area contributed by atoms with Crippen molar-refractivity contribution in [2.75, 3.05) is 6.61 Å². The number of hydrogen-bond donors (Lipinski definition) is 4. The van der Waals surface area contributed by atoms with Gasteiger partial charge in [0.1, 0.15) is 24.4 Å². The van der Waals surface area contributed by atoms with Crippen LogP contribution in [0.5, 0.6) is 0 Å². The smallest absolute Gasteiger partial charge is 0.186 e. The van der Waals surface area contributed by atoms with Gasteiger partial charge in [0.15, 0.2) is 12.1 Å². The molecule has 5 aliphatic rings. The zero-order chi connectivity index (χ0) is 29.0. The average molecular weight is 563 g/mol. The van der Waals surface area contributed by atoms with Gasteiger partial charge < -0.3 is 29.9 Å². The van der Waals surface area contributed by atoms with Gasteiger partial charge in [0, 0.05) is 5.92 Å². The molecule has 4 aliphatic carbocycles. The molecule has 0 amide bonds. The van der Waals surface area contributed by atoms with Crippen molar-refractivity contribution in [1.29, 1.82) is 0 Å². The molecule has 0 aromatic heterocycles. The molecule has 5 rings (SSSR count). The SMILES string of the molecule is CC(C)CCC[C@@H](C)[C@H]1CCC2C3C(=O)C=C4CC(O[C@H]5O[C@H](CO)[C@H](O)[C@H](O)[C@@H]5O)CC[C@]4(C)C3CC[C@@]21C. The molecule has 7 nitrogen and oxygen atoms in total. The van der Waals surface area contributed by atoms with E-state index < -0.39 is 37.3 Å². The molecule has 0 aromatic rings. The highest BCUT2D eigenvalue weighted by atomic mass is 16.7. The van der Waals surface area contributed by atoms with Crippen LogP contribution >= 0.6 is 0 Å². The molecule has 7 heteroatoms. The molecule has 3 saturated carbocycles. The minimum Gasteiger partial charge on any atom is -0.394 e. The first-order valence-electron chi connectivity index (χ1n) is 16.1. The molecule has 0 radical (unpaired) electrons. The molecule has 1 saturated heterocycles. The van der Waals surface area contributed by atoms with Crippen molar-refractivity contribution < 1.29 is 34.7 Å². The summed E-state index contributed by atoms with van der Waals surface area (Å²) >= 11 is 0. The fourth-order valence-electron chi connectivity index (χ4n) is 9.88. The fraction of sp³-hybridized carbons (Fsp3) is 0.909. The van der Waals surface area contributed by atoms with E-state index in [0.29, 0.717) is 35.9 Å². The van der Waals surface area contributed by atoms with Crippen LogP contribution in [0.3, 0.4) is 0 Å². The van der Waals surface area contributed by atoms with E-state index in [2.05, 4.69) is 34.6 Å². The Morgan fingerprint density at radius 2 is 1.73 bits per heavy atom. The summed E-state index contributed by atoms with van der Waals surface area (Å²) in [6.07, 6.45) is 6.21. The standard InChI is InChI=1S/C33H54O7/c1-18(2)7-6-8-19(3)22-9-10-23-27-24(12-14-33(22,23)5)32(4)13-11-21(15-20(32)16-25(27)35)39-31-30(38)29(37)28(36)26(17-34)40-31/h16,18-19,21-24,26-31,34,36-38H,6-15,17H2,1-5H3/t19-,21?,22-,23?,24?,26-,27?,28+,29+,30+,31+,32+,33-/m1/s1. The third-order valence-corrected chi connectivity index (χ3v) is 12.3. The number of aliphatic hydroxyl groups excluding tert-OH is 4. The Bertz CT molecular complexity index is 947. The zero-order valence-corrected chi connectivity index (χ0v) is 25.3. The highest BCUT2D eigenvalue weighted by molar-refractivity contribution is 5.94. The summed E-state index contributed by atoms with van der Waals surface area (Å²) in [4.78, 5) is 13.9. The molecule has 1 heterocycles. The van der Waals surface area contributed by atoms with E-state index >= 15 is 0 Å². The second-order valence-electron chi connectivity index (χ2n) is 15.0. The van der Waals surface area contributed by atoms with Gasteiger partial charge in [0.2, 0.25) is 0 Å². The molecule has 0 aromatic carbocycles. The van der Waals surface area contributed by atoms with Crippen molar-refractivity contribution in [3.05, 3.63) is 11.6 Å². The van der Waals surface area contributed by atoms with Crippen LogP contribution in [0.2, 0.25) is 0 Å². The molecular formula is C33H54O7. The van der Waals surface area contributed by atoms with Gasteiger partial charge in [-0.1, -0.05) is 59.5 Å². The minimum atomic E-state index is -1.45. The maximum absolute atomic E-state index is 13.9. The summed E-state index contributed by atoms with van der Waals surface area (Å²) < 4.78 is 11.7. The van der Waals surface area contributed by atoms with Crippen LogP contribution in [0.15, 0.2) is 11.6 Å². The molecule has 40 heavy (non-hydrogen) atoms. The Hall–Kier alpha value is -0.830. The van der Waals surface area contributed by atoms with Crippen molar-refractivity contribution in [3.8, 4) is 0 Å². The van der Waals surface area contributed by atoms with Crippen molar-refractivity contribution in [3.63, 3.8) is 0 Å². The molecule has 0 bridgehead atoms. The van der Waals surface area contributed by atoms with E-state index in [0.717, 1.165) is 30.8 Å². The number of ketones is 1. The summed E-state index contributed by atoms with van der Waals surface area (Å²) in [7, 11) is 0. The topological polar surface area (TPSA) is 116 Å². The number of carbonyl (C=O) groups is 1. The molecule has 4 N–H and O–H groups in total. The van der Waals surface area contributed by atoms with Gasteiger partial charge in [0.05, 0.1) is 12.7 Å². The Kier molecular flexibility index (Phi) is 8.95. The van der Waals surface area contributed by atoms with Gasteiger partial charge in [-0.2, -0.15) is 0 Å². The predicted molar refractivity (Wildman–Crippen MR) is 152 cm³/mol. The second-order valence-corrected chi connectivity index (χ2v) is 15.0. The number of fused-ring (bicyclic) bond motifs is 5. The first-order chi connectivity index (χ1) is 18.9. The van der Waals surface area contributed by atoms with Crippen molar-refractivity contribution in [2.24, 2.45) is 46.3 Å². The lowest BCUT2D eigenvalue weighted by Gasteiger charge is -2.58. The first kappa shape index (κ1) is 30.6. The number of aliphatic hydroxyl groups is 4. The van der Waals surface area contributed by atoms with Crippen LogP contribution in [0.25, 0.3) is 0 Å². The maximum atomic E-state index is 13.9. The Morgan fingerprint density at radius 3 is 2.42 bits per heavy atom. The quantitative estimate of drug-likeness (QED) is 0.347. The van der Waals surface area contributed by atoms with Crippen LogP contribution in [0.4, 0.5) is 0 Å². The first-order valence-corrected chi connectivity index (χ1v) is 16.1. The minimum absolute atomic E-state index is 0.0316. The van der Waals surface area contributed by atoms with E-state index in [1.165, 1.54) is 38.5 Å². The van der Waals surface area contributed by atoms with Crippen LogP contribution in [0.1, 0.15) is 98.8 Å². The normalized spacial score (nSPS) is 47.9. The van der Waals surface area contributed by atoms with Crippen LogP contribution in [-0.4, -0.2) is 69.6 Å². The molecule has 13 atom stereocenters.